The number of anilines is 2. The lowest BCUT2D eigenvalue weighted by Gasteiger charge is -2.12. The summed E-state index contributed by atoms with van der Waals surface area (Å²) in [5.74, 6) is 0.705. The van der Waals surface area contributed by atoms with Crippen LogP contribution in [0.25, 0.3) is 6.08 Å². The van der Waals surface area contributed by atoms with Gasteiger partial charge in [0.05, 0.1) is 6.61 Å². The molecule has 0 fully saturated rings. The van der Waals surface area contributed by atoms with Crippen LogP contribution in [0.5, 0.6) is 5.75 Å². The average Bonchev–Trinajstić information content (AvgIpc) is 2.62. The average molecular weight is 338 g/mol. The van der Waals surface area contributed by atoms with Gasteiger partial charge in [-0.3, -0.25) is 4.79 Å². The van der Waals surface area contributed by atoms with Crippen molar-refractivity contribution in [3.05, 3.63) is 60.2 Å². The maximum Gasteiger partial charge on any atom is 0.248 e. The van der Waals surface area contributed by atoms with Crippen molar-refractivity contribution in [1.29, 1.82) is 0 Å². The summed E-state index contributed by atoms with van der Waals surface area (Å²) < 4.78 is 5.63. The molecule has 0 radical (unpaired) electrons. The Balaban J connectivity index is 1.86. The molecule has 0 saturated carbocycles. The Morgan fingerprint density at radius 1 is 1.08 bits per heavy atom. The fraction of sp³-hybridized carbons (Fsp3) is 0.286. The molecule has 0 aliphatic rings. The predicted octanol–water partition coefficient (Wildman–Crippen LogP) is 4.58. The van der Waals surface area contributed by atoms with Crippen molar-refractivity contribution in [1.82, 2.24) is 0 Å². The number of carbonyl (C=O) groups is 1. The van der Waals surface area contributed by atoms with Crippen LogP contribution in [-0.4, -0.2) is 26.6 Å². The smallest absolute Gasteiger partial charge is 0.248 e. The predicted molar refractivity (Wildman–Crippen MR) is 105 cm³/mol. The lowest BCUT2D eigenvalue weighted by atomic mass is 10.2. The molecular weight excluding hydrogens is 312 g/mol. The zero-order valence-corrected chi connectivity index (χ0v) is 15.2. The number of unbranched alkanes of at least 4 members (excludes halogenated alkanes) is 1. The van der Waals surface area contributed by atoms with Gasteiger partial charge in [0, 0.05) is 31.5 Å². The molecule has 1 amide bonds. The third kappa shape index (κ3) is 6.34. The highest BCUT2D eigenvalue weighted by Gasteiger charge is 2.00. The third-order valence-electron chi connectivity index (χ3n) is 3.73. The molecular formula is C21H26N2O2. The number of carbonyl (C=O) groups excluding carboxylic acids is 1. The molecule has 2 aromatic rings. The van der Waals surface area contributed by atoms with Crippen LogP contribution in [0.4, 0.5) is 11.4 Å². The van der Waals surface area contributed by atoms with E-state index in [0.29, 0.717) is 0 Å². The zero-order chi connectivity index (χ0) is 18.1. The molecule has 0 aliphatic heterocycles. The van der Waals surface area contributed by atoms with Crippen LogP contribution in [0.3, 0.4) is 0 Å². The minimum atomic E-state index is -0.152. The summed E-state index contributed by atoms with van der Waals surface area (Å²) in [6, 6.07) is 15.5. The monoisotopic (exact) mass is 338 g/mol. The summed E-state index contributed by atoms with van der Waals surface area (Å²) in [6.45, 7) is 2.87. The van der Waals surface area contributed by atoms with Gasteiger partial charge < -0.3 is 15.0 Å². The minimum Gasteiger partial charge on any atom is -0.494 e. The van der Waals surface area contributed by atoms with Crippen molar-refractivity contribution < 1.29 is 9.53 Å². The van der Waals surface area contributed by atoms with Gasteiger partial charge in [0.1, 0.15) is 5.75 Å². The number of ether oxygens (including phenoxy) is 1. The molecule has 0 aromatic heterocycles. The van der Waals surface area contributed by atoms with Crippen molar-refractivity contribution in [2.24, 2.45) is 0 Å². The van der Waals surface area contributed by atoms with Crippen LogP contribution in [-0.2, 0) is 4.79 Å². The van der Waals surface area contributed by atoms with Gasteiger partial charge in [-0.05, 0) is 54.5 Å². The third-order valence-corrected chi connectivity index (χ3v) is 3.73. The first-order chi connectivity index (χ1) is 12.1. The highest BCUT2D eigenvalue weighted by molar-refractivity contribution is 6.02. The molecule has 0 spiro atoms. The molecule has 0 unspecified atom stereocenters. The molecule has 25 heavy (non-hydrogen) atoms. The van der Waals surface area contributed by atoms with Crippen molar-refractivity contribution in [3.63, 3.8) is 0 Å². The van der Waals surface area contributed by atoms with E-state index in [-0.39, 0.29) is 5.91 Å². The molecule has 0 heterocycles. The van der Waals surface area contributed by atoms with Crippen molar-refractivity contribution >= 4 is 23.4 Å². The second-order valence-electron chi connectivity index (χ2n) is 6.03. The zero-order valence-electron chi connectivity index (χ0n) is 15.2. The van der Waals surface area contributed by atoms with E-state index in [0.717, 1.165) is 42.1 Å². The van der Waals surface area contributed by atoms with Crippen LogP contribution < -0.4 is 15.0 Å². The van der Waals surface area contributed by atoms with Crippen LogP contribution in [0, 0.1) is 0 Å². The van der Waals surface area contributed by atoms with Crippen molar-refractivity contribution in [2.75, 3.05) is 30.9 Å². The Hall–Kier alpha value is -2.75. The number of nitrogens with one attached hydrogen (secondary N) is 1. The summed E-state index contributed by atoms with van der Waals surface area (Å²) >= 11 is 0. The number of nitrogens with zero attached hydrogens (tertiary/aromatic N) is 1. The number of hydrogen-bond acceptors (Lipinski definition) is 3. The van der Waals surface area contributed by atoms with E-state index in [2.05, 4.69) is 12.2 Å². The van der Waals surface area contributed by atoms with E-state index in [1.165, 1.54) is 6.08 Å². The van der Waals surface area contributed by atoms with E-state index in [4.69, 9.17) is 4.74 Å². The van der Waals surface area contributed by atoms with Crippen molar-refractivity contribution in [3.8, 4) is 5.75 Å². The Morgan fingerprint density at radius 2 is 1.76 bits per heavy atom. The summed E-state index contributed by atoms with van der Waals surface area (Å²) in [4.78, 5) is 14.0. The van der Waals surface area contributed by atoms with E-state index in [1.54, 1.807) is 6.08 Å². The molecule has 4 nitrogen and oxygen atoms in total. The van der Waals surface area contributed by atoms with Gasteiger partial charge in [-0.2, -0.15) is 0 Å². The Bertz CT molecular complexity index is 689. The molecule has 2 aromatic carbocycles. The van der Waals surface area contributed by atoms with Gasteiger partial charge in [-0.15, -0.1) is 0 Å². The SMILES string of the molecule is CCCCOc1ccc(/C=C/C(=O)Nc2ccc(N(C)C)cc2)cc1. The molecule has 4 heteroatoms. The first-order valence-corrected chi connectivity index (χ1v) is 8.58. The molecule has 1 N–H and O–H groups in total. The molecule has 0 atom stereocenters. The van der Waals surface area contributed by atoms with Gasteiger partial charge in [0.15, 0.2) is 0 Å². The molecule has 0 aliphatic carbocycles. The highest BCUT2D eigenvalue weighted by atomic mass is 16.5. The maximum absolute atomic E-state index is 12.0. The Morgan fingerprint density at radius 3 is 2.36 bits per heavy atom. The molecule has 0 saturated heterocycles. The second kappa shape index (κ2) is 9.52. The summed E-state index contributed by atoms with van der Waals surface area (Å²) in [6.07, 6.45) is 5.50. The minimum absolute atomic E-state index is 0.152. The van der Waals surface area contributed by atoms with E-state index in [1.807, 2.05) is 67.5 Å². The number of benzene rings is 2. The lowest BCUT2D eigenvalue weighted by Crippen LogP contribution is -2.10. The fourth-order valence-corrected chi connectivity index (χ4v) is 2.21. The molecule has 132 valence electrons. The van der Waals surface area contributed by atoms with Crippen LogP contribution >= 0.6 is 0 Å². The highest BCUT2D eigenvalue weighted by Crippen LogP contribution is 2.16. The quantitative estimate of drug-likeness (QED) is 0.566. The van der Waals surface area contributed by atoms with Crippen molar-refractivity contribution in [2.45, 2.75) is 19.8 Å². The molecule has 2 rings (SSSR count). The van der Waals surface area contributed by atoms with E-state index in [9.17, 15) is 4.79 Å². The summed E-state index contributed by atoms with van der Waals surface area (Å²) in [5.41, 5.74) is 2.83. The first-order valence-electron chi connectivity index (χ1n) is 8.58. The second-order valence-corrected chi connectivity index (χ2v) is 6.03. The normalized spacial score (nSPS) is 10.7. The van der Waals surface area contributed by atoms with E-state index >= 15 is 0 Å². The van der Waals surface area contributed by atoms with Gasteiger partial charge in [0.25, 0.3) is 0 Å². The maximum atomic E-state index is 12.0. The Kier molecular flexibility index (Phi) is 7.08. The first kappa shape index (κ1) is 18.6. The largest absolute Gasteiger partial charge is 0.494 e. The molecule has 0 bridgehead atoms. The number of hydrogen-bond donors (Lipinski definition) is 1. The van der Waals surface area contributed by atoms with Gasteiger partial charge in [-0.1, -0.05) is 25.5 Å². The fourth-order valence-electron chi connectivity index (χ4n) is 2.21. The topological polar surface area (TPSA) is 41.6 Å². The van der Waals surface area contributed by atoms with Gasteiger partial charge >= 0.3 is 0 Å². The standard InChI is InChI=1S/C21H26N2O2/c1-4-5-16-25-20-13-6-17(7-14-20)8-15-21(24)22-18-9-11-19(12-10-18)23(2)3/h6-15H,4-5,16H2,1-3H3,(H,22,24)/b15-8+. The van der Waals surface area contributed by atoms with Gasteiger partial charge in [0.2, 0.25) is 5.91 Å². The lowest BCUT2D eigenvalue weighted by molar-refractivity contribution is -0.111. The Labute approximate surface area is 150 Å². The van der Waals surface area contributed by atoms with E-state index < -0.39 is 0 Å². The van der Waals surface area contributed by atoms with Crippen LogP contribution in [0.2, 0.25) is 0 Å². The summed E-state index contributed by atoms with van der Waals surface area (Å²) in [7, 11) is 3.97. The number of amides is 1. The van der Waals surface area contributed by atoms with Gasteiger partial charge in [-0.25, -0.2) is 0 Å². The van der Waals surface area contributed by atoms with Crippen LogP contribution in [0.1, 0.15) is 25.3 Å². The summed E-state index contributed by atoms with van der Waals surface area (Å²) in [5, 5.41) is 2.86. The number of rotatable bonds is 8. The van der Waals surface area contributed by atoms with Crippen LogP contribution in [0.15, 0.2) is 54.6 Å².